The number of rotatable bonds is 3. The molecular weight excluding hydrogens is 231 g/mol. The third-order valence-corrected chi connectivity index (χ3v) is 2.40. The van der Waals surface area contributed by atoms with Gasteiger partial charge in [-0.25, -0.2) is 4.39 Å². The molecule has 5 heteroatoms. The summed E-state index contributed by atoms with van der Waals surface area (Å²) >= 11 is 0. The first kappa shape index (κ1) is 12.0. The average molecular weight is 242 g/mol. The quantitative estimate of drug-likeness (QED) is 0.897. The minimum atomic E-state index is -0.424. The summed E-state index contributed by atoms with van der Waals surface area (Å²) in [6, 6.07) is 5.99. The van der Waals surface area contributed by atoms with Gasteiger partial charge in [-0.15, -0.1) is 0 Å². The van der Waals surface area contributed by atoms with Crippen LogP contribution >= 0.6 is 0 Å². The van der Waals surface area contributed by atoms with Gasteiger partial charge in [0.1, 0.15) is 11.9 Å². The molecule has 0 aliphatic heterocycles. The van der Waals surface area contributed by atoms with Gasteiger partial charge in [0.25, 0.3) is 0 Å². The molecule has 0 aliphatic carbocycles. The lowest BCUT2D eigenvalue weighted by Gasteiger charge is -2.07. The smallest absolute Gasteiger partial charge is 0.124 e. The highest BCUT2D eigenvalue weighted by atomic mass is 19.1. The fraction of sp³-hybridized carbons (Fsp3) is 0.154. The van der Waals surface area contributed by atoms with E-state index in [0.717, 1.165) is 11.4 Å². The molecule has 1 heterocycles. The van der Waals surface area contributed by atoms with Crippen molar-refractivity contribution in [1.29, 1.82) is 5.26 Å². The van der Waals surface area contributed by atoms with Gasteiger partial charge in [-0.1, -0.05) is 0 Å². The Morgan fingerprint density at radius 2 is 2.17 bits per heavy atom. The number of anilines is 1. The number of hydrogen-bond donors (Lipinski definition) is 1. The summed E-state index contributed by atoms with van der Waals surface area (Å²) in [6.45, 7) is 2.30. The summed E-state index contributed by atoms with van der Waals surface area (Å²) in [4.78, 5) is 8.31. The Morgan fingerprint density at radius 3 is 2.83 bits per heavy atom. The lowest BCUT2D eigenvalue weighted by Crippen LogP contribution is -2.04. The SMILES string of the molecule is Cc1cnc(CNc2ccc(F)cc2C#N)cn1. The molecule has 2 rings (SSSR count). The molecule has 0 aliphatic rings. The Balaban J connectivity index is 2.11. The standard InChI is InChI=1S/C13H11FN4/c1-9-6-17-12(7-16-9)8-18-13-3-2-11(14)4-10(13)5-15/h2-4,6-7,18H,8H2,1H3. The van der Waals surface area contributed by atoms with Gasteiger partial charge in [-0.2, -0.15) is 5.26 Å². The predicted octanol–water partition coefficient (Wildman–Crippen LogP) is 2.41. The lowest BCUT2D eigenvalue weighted by molar-refractivity contribution is 0.627. The van der Waals surface area contributed by atoms with E-state index in [1.165, 1.54) is 18.2 Å². The number of nitrogens with zero attached hydrogens (tertiary/aromatic N) is 3. The van der Waals surface area contributed by atoms with Crippen LogP contribution in [-0.4, -0.2) is 9.97 Å². The normalized spacial score (nSPS) is 9.83. The average Bonchev–Trinajstić information content (AvgIpc) is 2.39. The van der Waals surface area contributed by atoms with Gasteiger partial charge >= 0.3 is 0 Å². The molecule has 2 aromatic rings. The summed E-state index contributed by atoms with van der Waals surface area (Å²) in [7, 11) is 0. The molecule has 1 N–H and O–H groups in total. The van der Waals surface area contributed by atoms with Crippen molar-refractivity contribution in [2.75, 3.05) is 5.32 Å². The van der Waals surface area contributed by atoms with E-state index in [1.807, 2.05) is 13.0 Å². The van der Waals surface area contributed by atoms with Crippen LogP contribution in [0, 0.1) is 24.1 Å². The molecule has 0 atom stereocenters. The molecule has 0 fully saturated rings. The number of aryl methyl sites for hydroxylation is 1. The maximum absolute atomic E-state index is 12.9. The van der Waals surface area contributed by atoms with Gasteiger partial charge in [0, 0.05) is 6.20 Å². The van der Waals surface area contributed by atoms with Crippen molar-refractivity contribution in [1.82, 2.24) is 9.97 Å². The molecule has 0 unspecified atom stereocenters. The van der Waals surface area contributed by atoms with Crippen molar-refractivity contribution in [2.24, 2.45) is 0 Å². The maximum Gasteiger partial charge on any atom is 0.124 e. The van der Waals surface area contributed by atoms with E-state index >= 15 is 0 Å². The summed E-state index contributed by atoms with van der Waals surface area (Å²) in [5.74, 6) is -0.424. The molecule has 1 aromatic heterocycles. The highest BCUT2D eigenvalue weighted by Crippen LogP contribution is 2.16. The van der Waals surface area contributed by atoms with Crippen molar-refractivity contribution in [3.8, 4) is 6.07 Å². The lowest BCUT2D eigenvalue weighted by atomic mass is 10.2. The second-order valence-corrected chi connectivity index (χ2v) is 3.80. The molecule has 0 bridgehead atoms. The third-order valence-electron chi connectivity index (χ3n) is 2.40. The minimum Gasteiger partial charge on any atom is -0.378 e. The van der Waals surface area contributed by atoms with Crippen LogP contribution < -0.4 is 5.32 Å². The second-order valence-electron chi connectivity index (χ2n) is 3.80. The summed E-state index contributed by atoms with van der Waals surface area (Å²) in [6.07, 6.45) is 3.34. The minimum absolute atomic E-state index is 0.273. The first-order valence-corrected chi connectivity index (χ1v) is 5.40. The van der Waals surface area contributed by atoms with Crippen LogP contribution in [0.1, 0.15) is 17.0 Å². The maximum atomic E-state index is 12.9. The summed E-state index contributed by atoms with van der Waals surface area (Å²) in [5, 5.41) is 11.9. The number of aromatic nitrogens is 2. The fourth-order valence-electron chi connectivity index (χ4n) is 1.46. The van der Waals surface area contributed by atoms with Crippen molar-refractivity contribution in [3.63, 3.8) is 0 Å². The fourth-order valence-corrected chi connectivity index (χ4v) is 1.46. The molecule has 18 heavy (non-hydrogen) atoms. The number of nitrogens with one attached hydrogen (secondary N) is 1. The number of halogens is 1. The Kier molecular flexibility index (Phi) is 3.49. The largest absolute Gasteiger partial charge is 0.378 e. The van der Waals surface area contributed by atoms with E-state index in [-0.39, 0.29) is 5.56 Å². The molecule has 0 radical (unpaired) electrons. The van der Waals surface area contributed by atoms with Crippen LogP contribution in [0.15, 0.2) is 30.6 Å². The van der Waals surface area contributed by atoms with Gasteiger partial charge in [-0.05, 0) is 25.1 Å². The van der Waals surface area contributed by atoms with Crippen molar-refractivity contribution >= 4 is 5.69 Å². The molecule has 90 valence electrons. The Hall–Kier alpha value is -2.48. The summed E-state index contributed by atoms with van der Waals surface area (Å²) < 4.78 is 12.9. The number of nitriles is 1. The van der Waals surface area contributed by atoms with E-state index in [9.17, 15) is 4.39 Å². The van der Waals surface area contributed by atoms with E-state index in [2.05, 4.69) is 15.3 Å². The number of hydrogen-bond acceptors (Lipinski definition) is 4. The molecule has 1 aromatic carbocycles. The van der Waals surface area contributed by atoms with Crippen molar-refractivity contribution in [2.45, 2.75) is 13.5 Å². The molecule has 0 saturated carbocycles. The Morgan fingerprint density at radius 1 is 1.33 bits per heavy atom. The van der Waals surface area contributed by atoms with Crippen LogP contribution in [-0.2, 0) is 6.54 Å². The van der Waals surface area contributed by atoms with Crippen molar-refractivity contribution < 1.29 is 4.39 Å². The molecule has 0 amide bonds. The van der Waals surface area contributed by atoms with Gasteiger partial charge in [-0.3, -0.25) is 9.97 Å². The molecular formula is C13H11FN4. The van der Waals surface area contributed by atoms with Crippen LogP contribution in [0.2, 0.25) is 0 Å². The zero-order valence-corrected chi connectivity index (χ0v) is 9.81. The zero-order chi connectivity index (χ0) is 13.0. The van der Waals surface area contributed by atoms with Gasteiger partial charge in [0.15, 0.2) is 0 Å². The second kappa shape index (κ2) is 5.23. The topological polar surface area (TPSA) is 61.6 Å². The van der Waals surface area contributed by atoms with Crippen LogP contribution in [0.3, 0.4) is 0 Å². The van der Waals surface area contributed by atoms with Crippen LogP contribution in [0.5, 0.6) is 0 Å². The highest BCUT2D eigenvalue weighted by molar-refractivity contribution is 5.57. The van der Waals surface area contributed by atoms with E-state index in [1.54, 1.807) is 12.4 Å². The van der Waals surface area contributed by atoms with E-state index in [4.69, 9.17) is 5.26 Å². The Labute approximate surface area is 104 Å². The third kappa shape index (κ3) is 2.80. The molecule has 4 nitrogen and oxygen atoms in total. The summed E-state index contributed by atoms with van der Waals surface area (Å²) in [5.41, 5.74) is 2.46. The van der Waals surface area contributed by atoms with Crippen LogP contribution in [0.25, 0.3) is 0 Å². The number of benzene rings is 1. The van der Waals surface area contributed by atoms with E-state index < -0.39 is 5.82 Å². The van der Waals surface area contributed by atoms with Gasteiger partial charge < -0.3 is 5.32 Å². The highest BCUT2D eigenvalue weighted by Gasteiger charge is 2.03. The monoisotopic (exact) mass is 242 g/mol. The van der Waals surface area contributed by atoms with Gasteiger partial charge in [0.05, 0.1) is 35.4 Å². The molecule has 0 saturated heterocycles. The predicted molar refractivity (Wildman–Crippen MR) is 65.2 cm³/mol. The van der Waals surface area contributed by atoms with E-state index in [0.29, 0.717) is 12.2 Å². The van der Waals surface area contributed by atoms with Crippen LogP contribution in [0.4, 0.5) is 10.1 Å². The molecule has 0 spiro atoms. The van der Waals surface area contributed by atoms with Gasteiger partial charge in [0.2, 0.25) is 0 Å². The first-order chi connectivity index (χ1) is 8.69. The first-order valence-electron chi connectivity index (χ1n) is 5.40. The Bertz CT molecular complexity index is 587. The zero-order valence-electron chi connectivity index (χ0n) is 9.81. The van der Waals surface area contributed by atoms with Crippen molar-refractivity contribution in [3.05, 3.63) is 53.4 Å².